The van der Waals surface area contributed by atoms with Crippen LogP contribution < -0.4 is 0 Å². The highest BCUT2D eigenvalue weighted by molar-refractivity contribution is 9.10. The van der Waals surface area contributed by atoms with Crippen LogP contribution in [-0.4, -0.2) is 15.3 Å². The van der Waals surface area contributed by atoms with Crippen LogP contribution in [0.1, 0.15) is 12.7 Å². The van der Waals surface area contributed by atoms with Crippen LogP contribution in [0.4, 0.5) is 0 Å². The van der Waals surface area contributed by atoms with E-state index < -0.39 is 0 Å². The molecule has 0 saturated heterocycles. The first-order valence-corrected chi connectivity index (χ1v) is 5.44. The second-order valence-electron chi connectivity index (χ2n) is 2.19. The van der Waals surface area contributed by atoms with E-state index in [1.807, 2.05) is 25.0 Å². The van der Waals surface area contributed by atoms with Gasteiger partial charge >= 0.3 is 0 Å². The summed E-state index contributed by atoms with van der Waals surface area (Å²) in [5.41, 5.74) is 0. The Hall–Kier alpha value is 0.0400. The molecular formula is C7H11BrN2S. The van der Waals surface area contributed by atoms with E-state index in [-0.39, 0.29) is 0 Å². The molecule has 0 bridgehead atoms. The largest absolute Gasteiger partial charge is 0.325 e. The number of nitrogens with zero attached hydrogens (tertiary/aromatic N) is 2. The molecule has 1 aromatic rings. The zero-order valence-corrected chi connectivity index (χ0v) is 9.07. The highest BCUT2D eigenvalue weighted by atomic mass is 79.9. The number of hydrogen-bond acceptors (Lipinski definition) is 2. The van der Waals surface area contributed by atoms with Crippen molar-refractivity contribution in [1.29, 1.82) is 0 Å². The maximum Gasteiger partial charge on any atom is 0.119 e. The van der Waals surface area contributed by atoms with Gasteiger partial charge in [-0.2, -0.15) is 11.8 Å². The number of aromatic nitrogens is 2. The standard InChI is InChI=1S/C7H11BrN2S/c1-3-11-5-7-9-4-6(8)10(7)2/h4H,3,5H2,1-2H3. The molecule has 0 amide bonds. The minimum absolute atomic E-state index is 0.999. The van der Waals surface area contributed by atoms with Crippen molar-refractivity contribution in [2.75, 3.05) is 5.75 Å². The fourth-order valence-electron chi connectivity index (χ4n) is 0.752. The van der Waals surface area contributed by atoms with Crippen LogP contribution in [0.3, 0.4) is 0 Å². The van der Waals surface area contributed by atoms with Crippen molar-refractivity contribution < 1.29 is 0 Å². The third kappa shape index (κ3) is 2.24. The summed E-state index contributed by atoms with van der Waals surface area (Å²) in [6.07, 6.45) is 1.84. The Labute approximate surface area is 79.5 Å². The molecule has 0 saturated carbocycles. The van der Waals surface area contributed by atoms with Crippen LogP contribution in [0, 0.1) is 0 Å². The molecule has 0 atom stereocenters. The number of thioether (sulfide) groups is 1. The van der Waals surface area contributed by atoms with E-state index in [1.54, 1.807) is 0 Å². The van der Waals surface area contributed by atoms with Crippen molar-refractivity contribution >= 4 is 27.7 Å². The predicted molar refractivity (Wildman–Crippen MR) is 52.7 cm³/mol. The average Bonchev–Trinajstić information content (AvgIpc) is 2.31. The summed E-state index contributed by atoms with van der Waals surface area (Å²) in [6.45, 7) is 2.16. The van der Waals surface area contributed by atoms with E-state index in [9.17, 15) is 0 Å². The number of rotatable bonds is 3. The summed E-state index contributed by atoms with van der Waals surface area (Å²) in [5.74, 6) is 3.27. The number of imidazole rings is 1. The van der Waals surface area contributed by atoms with E-state index in [4.69, 9.17) is 0 Å². The molecule has 62 valence electrons. The molecule has 0 aromatic carbocycles. The second kappa shape index (κ2) is 4.16. The molecule has 0 aliphatic carbocycles. The van der Waals surface area contributed by atoms with E-state index in [0.29, 0.717) is 0 Å². The van der Waals surface area contributed by atoms with Crippen LogP contribution in [0.15, 0.2) is 10.8 Å². The molecule has 1 heterocycles. The molecule has 2 nitrogen and oxygen atoms in total. The first kappa shape index (κ1) is 9.13. The average molecular weight is 235 g/mol. The smallest absolute Gasteiger partial charge is 0.119 e. The summed E-state index contributed by atoms with van der Waals surface area (Å²) in [4.78, 5) is 4.25. The van der Waals surface area contributed by atoms with Gasteiger partial charge in [0.25, 0.3) is 0 Å². The molecule has 1 rings (SSSR count). The fourth-order valence-corrected chi connectivity index (χ4v) is 1.71. The molecule has 0 aliphatic heterocycles. The highest BCUT2D eigenvalue weighted by Gasteiger charge is 2.01. The molecule has 0 N–H and O–H groups in total. The van der Waals surface area contributed by atoms with Gasteiger partial charge < -0.3 is 4.57 Å². The molecule has 0 fully saturated rings. The van der Waals surface area contributed by atoms with Crippen LogP contribution in [0.5, 0.6) is 0 Å². The van der Waals surface area contributed by atoms with E-state index in [2.05, 4.69) is 32.4 Å². The van der Waals surface area contributed by atoms with Crippen molar-refractivity contribution in [2.24, 2.45) is 7.05 Å². The van der Waals surface area contributed by atoms with Gasteiger partial charge in [0.2, 0.25) is 0 Å². The SMILES string of the molecule is CCSCc1ncc(Br)n1C. The molecule has 0 radical (unpaired) electrons. The van der Waals surface area contributed by atoms with Crippen molar-refractivity contribution in [2.45, 2.75) is 12.7 Å². The van der Waals surface area contributed by atoms with Gasteiger partial charge in [-0.25, -0.2) is 4.98 Å². The quantitative estimate of drug-likeness (QED) is 0.800. The molecule has 0 aliphatic rings. The number of hydrogen-bond donors (Lipinski definition) is 0. The molecule has 0 unspecified atom stereocenters. The van der Waals surface area contributed by atoms with Gasteiger partial charge in [0.1, 0.15) is 10.4 Å². The van der Waals surface area contributed by atoms with Crippen molar-refractivity contribution in [3.05, 3.63) is 16.6 Å². The lowest BCUT2D eigenvalue weighted by Crippen LogP contribution is -1.95. The lowest BCUT2D eigenvalue weighted by molar-refractivity contribution is 0.832. The first-order chi connectivity index (χ1) is 5.25. The summed E-state index contributed by atoms with van der Waals surface area (Å²) in [6, 6.07) is 0. The van der Waals surface area contributed by atoms with E-state index in [0.717, 1.165) is 21.9 Å². The maximum atomic E-state index is 4.25. The minimum atomic E-state index is 0.999. The second-order valence-corrected chi connectivity index (χ2v) is 4.28. The molecule has 1 aromatic heterocycles. The third-order valence-corrected chi connectivity index (χ3v) is 3.07. The Morgan fingerprint density at radius 3 is 2.91 bits per heavy atom. The Morgan fingerprint density at radius 2 is 2.45 bits per heavy atom. The zero-order chi connectivity index (χ0) is 8.27. The Balaban J connectivity index is 2.63. The summed E-state index contributed by atoms with van der Waals surface area (Å²) in [7, 11) is 2.02. The lowest BCUT2D eigenvalue weighted by atomic mass is 10.7. The van der Waals surface area contributed by atoms with Gasteiger partial charge in [0.15, 0.2) is 0 Å². The van der Waals surface area contributed by atoms with Crippen LogP contribution in [-0.2, 0) is 12.8 Å². The predicted octanol–water partition coefficient (Wildman–Crippen LogP) is 2.44. The van der Waals surface area contributed by atoms with E-state index >= 15 is 0 Å². The molecule has 0 spiro atoms. The van der Waals surface area contributed by atoms with Gasteiger partial charge in [-0.15, -0.1) is 0 Å². The van der Waals surface area contributed by atoms with Crippen molar-refractivity contribution in [3.8, 4) is 0 Å². The highest BCUT2D eigenvalue weighted by Crippen LogP contribution is 2.14. The van der Waals surface area contributed by atoms with Gasteiger partial charge in [-0.1, -0.05) is 6.92 Å². The van der Waals surface area contributed by atoms with Gasteiger partial charge in [0, 0.05) is 7.05 Å². The van der Waals surface area contributed by atoms with Crippen molar-refractivity contribution in [3.63, 3.8) is 0 Å². The fraction of sp³-hybridized carbons (Fsp3) is 0.571. The van der Waals surface area contributed by atoms with Crippen molar-refractivity contribution in [1.82, 2.24) is 9.55 Å². The van der Waals surface area contributed by atoms with E-state index in [1.165, 1.54) is 0 Å². The maximum absolute atomic E-state index is 4.25. The monoisotopic (exact) mass is 234 g/mol. The zero-order valence-electron chi connectivity index (χ0n) is 6.67. The topological polar surface area (TPSA) is 17.8 Å². The van der Waals surface area contributed by atoms with Crippen LogP contribution in [0.25, 0.3) is 0 Å². The summed E-state index contributed by atoms with van der Waals surface area (Å²) < 4.78 is 3.10. The number of halogens is 1. The minimum Gasteiger partial charge on any atom is -0.325 e. The van der Waals surface area contributed by atoms with Gasteiger partial charge in [0.05, 0.1) is 11.9 Å². The molecular weight excluding hydrogens is 224 g/mol. The third-order valence-electron chi connectivity index (χ3n) is 1.46. The van der Waals surface area contributed by atoms with Gasteiger partial charge in [-0.3, -0.25) is 0 Å². The molecule has 11 heavy (non-hydrogen) atoms. The lowest BCUT2D eigenvalue weighted by Gasteiger charge is -1.99. The van der Waals surface area contributed by atoms with Gasteiger partial charge in [-0.05, 0) is 21.7 Å². The Kier molecular flexibility index (Phi) is 3.45. The summed E-state index contributed by atoms with van der Waals surface area (Å²) >= 11 is 5.28. The normalized spacial score (nSPS) is 10.5. The first-order valence-electron chi connectivity index (χ1n) is 3.49. The Morgan fingerprint density at radius 1 is 1.73 bits per heavy atom. The van der Waals surface area contributed by atoms with Crippen LogP contribution >= 0.6 is 27.7 Å². The molecule has 4 heteroatoms. The van der Waals surface area contributed by atoms with Crippen LogP contribution in [0.2, 0.25) is 0 Å². The Bertz CT molecular complexity index is 234. The summed E-state index contributed by atoms with van der Waals surface area (Å²) in [5, 5.41) is 0.